The Labute approximate surface area is 113 Å². The zero-order chi connectivity index (χ0) is 13.6. The molecule has 0 heterocycles. The number of ether oxygens (including phenoxy) is 1. The molecule has 1 rings (SSSR count). The second-order valence-electron chi connectivity index (χ2n) is 3.78. The minimum absolute atomic E-state index is 0.129. The van der Waals surface area contributed by atoms with E-state index in [-0.39, 0.29) is 12.4 Å². The van der Waals surface area contributed by atoms with Crippen molar-refractivity contribution in [2.24, 2.45) is 0 Å². The third kappa shape index (κ3) is 4.67. The number of methoxy groups -OCH3 is 1. The average Bonchev–Trinajstić information content (AvgIpc) is 2.29. The van der Waals surface area contributed by atoms with Crippen LogP contribution in [0.3, 0.4) is 0 Å². The van der Waals surface area contributed by atoms with Crippen LogP contribution in [0.15, 0.2) is 46.0 Å². The van der Waals surface area contributed by atoms with Gasteiger partial charge in [0.25, 0.3) is 0 Å². The van der Waals surface area contributed by atoms with E-state index in [9.17, 15) is 8.42 Å². The molecule has 0 saturated carbocycles. The standard InChI is InChI=1S/C13H15ClO3S/c1-11-5-7-13(8-6-11)18(15,16)9-3-4-12(14)10-17-2/h3,5-8H,9-10H2,1-2H3. The lowest BCUT2D eigenvalue weighted by molar-refractivity contribution is 0.231. The monoisotopic (exact) mass is 286 g/mol. The molecule has 0 spiro atoms. The largest absolute Gasteiger partial charge is 0.378 e. The minimum Gasteiger partial charge on any atom is -0.378 e. The first kappa shape index (κ1) is 15.0. The van der Waals surface area contributed by atoms with Crippen molar-refractivity contribution in [3.63, 3.8) is 0 Å². The molecule has 0 N–H and O–H groups in total. The molecule has 0 aliphatic rings. The molecule has 0 amide bonds. The van der Waals surface area contributed by atoms with Crippen LogP contribution in [0, 0.1) is 6.92 Å². The summed E-state index contributed by atoms with van der Waals surface area (Å²) in [6.07, 6.45) is 1.40. The van der Waals surface area contributed by atoms with E-state index in [2.05, 4.69) is 5.73 Å². The smallest absolute Gasteiger partial charge is 0.182 e. The van der Waals surface area contributed by atoms with Crippen LogP contribution in [0.2, 0.25) is 0 Å². The highest BCUT2D eigenvalue weighted by Gasteiger charge is 2.11. The van der Waals surface area contributed by atoms with E-state index in [0.717, 1.165) is 5.56 Å². The van der Waals surface area contributed by atoms with Gasteiger partial charge in [-0.05, 0) is 25.1 Å². The molecular weight excluding hydrogens is 272 g/mol. The second-order valence-corrected chi connectivity index (χ2v) is 6.27. The Hall–Kier alpha value is -1.06. The Morgan fingerprint density at radius 3 is 2.56 bits per heavy atom. The Morgan fingerprint density at radius 1 is 1.39 bits per heavy atom. The Kier molecular flexibility index (Phi) is 5.63. The zero-order valence-electron chi connectivity index (χ0n) is 10.3. The molecule has 98 valence electrons. The van der Waals surface area contributed by atoms with Crippen LogP contribution in [0.25, 0.3) is 0 Å². The van der Waals surface area contributed by atoms with Crippen molar-refractivity contribution in [2.45, 2.75) is 11.8 Å². The fraction of sp³-hybridized carbons (Fsp3) is 0.308. The molecule has 0 radical (unpaired) electrons. The molecule has 0 bridgehead atoms. The number of benzene rings is 1. The van der Waals surface area contributed by atoms with Gasteiger partial charge in [0.05, 0.1) is 22.3 Å². The highest BCUT2D eigenvalue weighted by Crippen LogP contribution is 2.12. The van der Waals surface area contributed by atoms with Crippen molar-refractivity contribution in [3.8, 4) is 0 Å². The number of sulfone groups is 1. The Morgan fingerprint density at radius 2 is 2.00 bits per heavy atom. The van der Waals surface area contributed by atoms with Gasteiger partial charge >= 0.3 is 0 Å². The topological polar surface area (TPSA) is 43.4 Å². The van der Waals surface area contributed by atoms with E-state index in [1.165, 1.54) is 13.2 Å². The minimum atomic E-state index is -3.32. The first-order chi connectivity index (χ1) is 8.45. The maximum Gasteiger partial charge on any atom is 0.182 e. The summed E-state index contributed by atoms with van der Waals surface area (Å²) in [5, 5.41) is 0.344. The van der Waals surface area contributed by atoms with Crippen LogP contribution in [-0.2, 0) is 14.6 Å². The third-order valence-corrected chi connectivity index (χ3v) is 4.03. The molecule has 5 heteroatoms. The van der Waals surface area contributed by atoms with Crippen molar-refractivity contribution < 1.29 is 13.2 Å². The molecule has 0 aliphatic heterocycles. The van der Waals surface area contributed by atoms with Crippen molar-refractivity contribution in [1.82, 2.24) is 0 Å². The SMILES string of the molecule is COCC(Cl)=C=CCS(=O)(=O)c1ccc(C)cc1. The van der Waals surface area contributed by atoms with E-state index in [0.29, 0.717) is 9.93 Å². The van der Waals surface area contributed by atoms with E-state index < -0.39 is 9.84 Å². The van der Waals surface area contributed by atoms with Crippen LogP contribution in [-0.4, -0.2) is 27.9 Å². The van der Waals surface area contributed by atoms with Gasteiger partial charge in [0.2, 0.25) is 0 Å². The number of hydrogen-bond donors (Lipinski definition) is 0. The van der Waals surface area contributed by atoms with Gasteiger partial charge in [-0.1, -0.05) is 29.3 Å². The van der Waals surface area contributed by atoms with Gasteiger partial charge in [-0.25, -0.2) is 8.42 Å². The number of rotatable bonds is 5. The van der Waals surface area contributed by atoms with Gasteiger partial charge in [-0.3, -0.25) is 0 Å². The molecule has 18 heavy (non-hydrogen) atoms. The molecule has 0 aromatic heterocycles. The summed E-state index contributed by atoms with van der Waals surface area (Å²) in [7, 11) is -1.81. The predicted octanol–water partition coefficient (Wildman–Crippen LogP) is 2.69. The first-order valence-electron chi connectivity index (χ1n) is 5.33. The van der Waals surface area contributed by atoms with Crippen LogP contribution < -0.4 is 0 Å². The summed E-state index contributed by atoms with van der Waals surface area (Å²) in [5.41, 5.74) is 3.69. The van der Waals surface area contributed by atoms with E-state index in [4.69, 9.17) is 16.3 Å². The summed E-state index contributed by atoms with van der Waals surface area (Å²) in [4.78, 5) is 0.300. The summed E-state index contributed by atoms with van der Waals surface area (Å²) in [6.45, 7) is 2.13. The van der Waals surface area contributed by atoms with Crippen molar-refractivity contribution >= 4 is 21.4 Å². The van der Waals surface area contributed by atoms with Gasteiger partial charge < -0.3 is 4.74 Å². The maximum absolute atomic E-state index is 11.9. The first-order valence-corrected chi connectivity index (χ1v) is 7.36. The van der Waals surface area contributed by atoms with Gasteiger partial charge in [0, 0.05) is 7.11 Å². The summed E-state index contributed by atoms with van der Waals surface area (Å²) in [5.74, 6) is -0.129. The molecule has 0 atom stereocenters. The fourth-order valence-electron chi connectivity index (χ4n) is 1.27. The fourth-order valence-corrected chi connectivity index (χ4v) is 2.50. The molecule has 0 saturated heterocycles. The Balaban J connectivity index is 2.83. The average molecular weight is 287 g/mol. The molecule has 0 fully saturated rings. The number of aryl methyl sites for hydroxylation is 1. The summed E-state index contributed by atoms with van der Waals surface area (Å²) in [6, 6.07) is 6.73. The lowest BCUT2D eigenvalue weighted by atomic mass is 10.2. The zero-order valence-corrected chi connectivity index (χ0v) is 11.9. The van der Waals surface area contributed by atoms with Crippen molar-refractivity contribution in [1.29, 1.82) is 0 Å². The van der Waals surface area contributed by atoms with Gasteiger partial charge in [0.1, 0.15) is 0 Å². The van der Waals surface area contributed by atoms with E-state index >= 15 is 0 Å². The van der Waals surface area contributed by atoms with Gasteiger partial charge in [-0.15, -0.1) is 5.73 Å². The van der Waals surface area contributed by atoms with E-state index in [1.807, 2.05) is 6.92 Å². The molecule has 0 aliphatic carbocycles. The third-order valence-electron chi connectivity index (χ3n) is 2.21. The maximum atomic E-state index is 11.9. The molecule has 1 aromatic carbocycles. The second kappa shape index (κ2) is 6.76. The highest BCUT2D eigenvalue weighted by molar-refractivity contribution is 7.91. The van der Waals surface area contributed by atoms with Crippen LogP contribution >= 0.6 is 11.6 Å². The normalized spacial score (nSPS) is 10.8. The Bertz CT molecular complexity index is 552. The lowest BCUT2D eigenvalue weighted by Gasteiger charge is -2.01. The number of hydrogen-bond acceptors (Lipinski definition) is 3. The molecular formula is C13H15ClO3S. The van der Waals surface area contributed by atoms with Crippen molar-refractivity contribution in [2.75, 3.05) is 19.5 Å². The van der Waals surface area contributed by atoms with Crippen LogP contribution in [0.1, 0.15) is 5.56 Å². The van der Waals surface area contributed by atoms with Crippen LogP contribution in [0.4, 0.5) is 0 Å². The quantitative estimate of drug-likeness (QED) is 0.782. The van der Waals surface area contributed by atoms with Gasteiger partial charge in [-0.2, -0.15) is 0 Å². The molecule has 0 unspecified atom stereocenters. The lowest BCUT2D eigenvalue weighted by Crippen LogP contribution is -2.04. The highest BCUT2D eigenvalue weighted by atomic mass is 35.5. The summed E-state index contributed by atoms with van der Waals surface area (Å²) < 4.78 is 28.6. The molecule has 3 nitrogen and oxygen atoms in total. The van der Waals surface area contributed by atoms with Crippen LogP contribution in [0.5, 0.6) is 0 Å². The number of halogens is 1. The predicted molar refractivity (Wildman–Crippen MR) is 72.6 cm³/mol. The molecule has 1 aromatic rings. The van der Waals surface area contributed by atoms with Gasteiger partial charge in [0.15, 0.2) is 9.84 Å². The van der Waals surface area contributed by atoms with Crippen molar-refractivity contribution in [3.05, 3.63) is 46.7 Å². The summed E-state index contributed by atoms with van der Waals surface area (Å²) >= 11 is 5.73. The van der Waals surface area contributed by atoms with E-state index in [1.54, 1.807) is 24.3 Å².